The lowest BCUT2D eigenvalue weighted by molar-refractivity contribution is 0.0683. The molecule has 138 valence electrons. The SMILES string of the molecule is CCCc1ccc(C(=O)NCC2CCN(C(=O)c3ccoc3)CC2)cc1. The highest BCUT2D eigenvalue weighted by atomic mass is 16.3. The van der Waals surface area contributed by atoms with Gasteiger partial charge in [0.1, 0.15) is 6.26 Å². The van der Waals surface area contributed by atoms with Crippen LogP contribution in [0.3, 0.4) is 0 Å². The summed E-state index contributed by atoms with van der Waals surface area (Å²) in [6.07, 6.45) is 6.95. The lowest BCUT2D eigenvalue weighted by Crippen LogP contribution is -2.41. The van der Waals surface area contributed by atoms with E-state index in [9.17, 15) is 9.59 Å². The van der Waals surface area contributed by atoms with Crippen molar-refractivity contribution in [1.82, 2.24) is 10.2 Å². The number of rotatable bonds is 6. The Hall–Kier alpha value is -2.56. The molecule has 1 aliphatic rings. The molecule has 2 aromatic rings. The summed E-state index contributed by atoms with van der Waals surface area (Å²) in [5.74, 6) is 0.407. The van der Waals surface area contributed by atoms with Crippen LogP contribution in [-0.2, 0) is 6.42 Å². The van der Waals surface area contributed by atoms with E-state index in [2.05, 4.69) is 12.2 Å². The Kier molecular flexibility index (Phi) is 6.10. The molecule has 0 saturated carbocycles. The molecule has 1 aromatic heterocycles. The largest absolute Gasteiger partial charge is 0.472 e. The fourth-order valence-electron chi connectivity index (χ4n) is 3.36. The molecule has 0 aliphatic carbocycles. The summed E-state index contributed by atoms with van der Waals surface area (Å²) >= 11 is 0. The number of benzene rings is 1. The standard InChI is InChI=1S/C21H26N2O3/c1-2-3-16-4-6-18(7-5-16)20(24)22-14-17-8-11-23(12-9-17)21(25)19-10-13-26-15-19/h4-7,10,13,15,17H,2-3,8-9,11-12,14H2,1H3,(H,22,24). The number of nitrogens with zero attached hydrogens (tertiary/aromatic N) is 1. The molecule has 26 heavy (non-hydrogen) atoms. The number of furan rings is 1. The number of hydrogen-bond donors (Lipinski definition) is 1. The van der Waals surface area contributed by atoms with E-state index in [1.807, 2.05) is 29.2 Å². The summed E-state index contributed by atoms with van der Waals surface area (Å²) in [5, 5.41) is 3.03. The van der Waals surface area contributed by atoms with Crippen LogP contribution in [0.2, 0.25) is 0 Å². The minimum Gasteiger partial charge on any atom is -0.472 e. The average molecular weight is 354 g/mol. The van der Waals surface area contributed by atoms with Crippen molar-refractivity contribution in [3.63, 3.8) is 0 Å². The van der Waals surface area contributed by atoms with Gasteiger partial charge in [0.15, 0.2) is 0 Å². The second-order valence-corrected chi connectivity index (χ2v) is 6.90. The van der Waals surface area contributed by atoms with Gasteiger partial charge in [0.2, 0.25) is 0 Å². The van der Waals surface area contributed by atoms with Crippen molar-refractivity contribution in [2.75, 3.05) is 19.6 Å². The zero-order chi connectivity index (χ0) is 18.4. The number of carbonyl (C=O) groups excluding carboxylic acids is 2. The molecule has 0 atom stereocenters. The highest BCUT2D eigenvalue weighted by Gasteiger charge is 2.24. The van der Waals surface area contributed by atoms with Gasteiger partial charge >= 0.3 is 0 Å². The van der Waals surface area contributed by atoms with Gasteiger partial charge in [-0.05, 0) is 48.9 Å². The Bertz CT molecular complexity index is 714. The van der Waals surface area contributed by atoms with Crippen molar-refractivity contribution < 1.29 is 14.0 Å². The molecule has 5 heteroatoms. The van der Waals surface area contributed by atoms with Crippen LogP contribution in [-0.4, -0.2) is 36.3 Å². The predicted octanol–water partition coefficient (Wildman–Crippen LogP) is 3.51. The van der Waals surface area contributed by atoms with Gasteiger partial charge in [0.25, 0.3) is 11.8 Å². The van der Waals surface area contributed by atoms with Gasteiger partial charge in [0.05, 0.1) is 11.8 Å². The molecule has 2 heterocycles. The van der Waals surface area contributed by atoms with Crippen molar-refractivity contribution in [2.24, 2.45) is 5.92 Å². The number of hydrogen-bond acceptors (Lipinski definition) is 3. The quantitative estimate of drug-likeness (QED) is 0.863. The van der Waals surface area contributed by atoms with Crippen LogP contribution in [0.5, 0.6) is 0 Å². The van der Waals surface area contributed by atoms with Gasteiger partial charge in [-0.2, -0.15) is 0 Å². The predicted molar refractivity (Wildman–Crippen MR) is 100 cm³/mol. The third-order valence-corrected chi connectivity index (χ3v) is 4.98. The first-order valence-electron chi connectivity index (χ1n) is 9.36. The molecule has 5 nitrogen and oxygen atoms in total. The van der Waals surface area contributed by atoms with Crippen LogP contribution in [0.15, 0.2) is 47.3 Å². The molecule has 0 bridgehead atoms. The second kappa shape index (κ2) is 8.70. The molecule has 1 aliphatic heterocycles. The van der Waals surface area contributed by atoms with E-state index >= 15 is 0 Å². The Morgan fingerprint density at radius 2 is 1.85 bits per heavy atom. The van der Waals surface area contributed by atoms with E-state index in [-0.39, 0.29) is 11.8 Å². The third kappa shape index (κ3) is 4.54. The maximum atomic E-state index is 12.3. The fraction of sp³-hybridized carbons (Fsp3) is 0.429. The van der Waals surface area contributed by atoms with Crippen LogP contribution < -0.4 is 5.32 Å². The zero-order valence-electron chi connectivity index (χ0n) is 15.2. The second-order valence-electron chi connectivity index (χ2n) is 6.90. The number of carbonyl (C=O) groups is 2. The van der Waals surface area contributed by atoms with Crippen molar-refractivity contribution in [2.45, 2.75) is 32.6 Å². The fourth-order valence-corrected chi connectivity index (χ4v) is 3.36. The van der Waals surface area contributed by atoms with E-state index in [1.165, 1.54) is 18.1 Å². The number of amides is 2. The molecule has 3 rings (SSSR count). The van der Waals surface area contributed by atoms with Gasteiger partial charge in [-0.1, -0.05) is 25.5 Å². The minimum atomic E-state index is -0.0232. The molecule has 1 fully saturated rings. The normalized spacial score (nSPS) is 15.0. The van der Waals surface area contributed by atoms with Crippen LogP contribution >= 0.6 is 0 Å². The van der Waals surface area contributed by atoms with E-state index < -0.39 is 0 Å². The Morgan fingerprint density at radius 3 is 2.46 bits per heavy atom. The minimum absolute atomic E-state index is 0.0217. The maximum absolute atomic E-state index is 12.3. The Morgan fingerprint density at radius 1 is 1.12 bits per heavy atom. The molecule has 0 unspecified atom stereocenters. The topological polar surface area (TPSA) is 62.6 Å². The van der Waals surface area contributed by atoms with E-state index in [0.29, 0.717) is 23.6 Å². The van der Waals surface area contributed by atoms with Crippen molar-refractivity contribution >= 4 is 11.8 Å². The van der Waals surface area contributed by atoms with Crippen molar-refractivity contribution in [3.05, 3.63) is 59.5 Å². The average Bonchev–Trinajstić information content (AvgIpc) is 3.21. The van der Waals surface area contributed by atoms with E-state index in [1.54, 1.807) is 6.07 Å². The molecule has 1 N–H and O–H groups in total. The lowest BCUT2D eigenvalue weighted by atomic mass is 9.96. The van der Waals surface area contributed by atoms with E-state index in [4.69, 9.17) is 4.42 Å². The van der Waals surface area contributed by atoms with Crippen LogP contribution in [0.25, 0.3) is 0 Å². The maximum Gasteiger partial charge on any atom is 0.257 e. The first kappa shape index (κ1) is 18.2. The molecular weight excluding hydrogens is 328 g/mol. The summed E-state index contributed by atoms with van der Waals surface area (Å²) in [4.78, 5) is 26.4. The van der Waals surface area contributed by atoms with Crippen molar-refractivity contribution in [1.29, 1.82) is 0 Å². The monoisotopic (exact) mass is 354 g/mol. The van der Waals surface area contributed by atoms with Crippen LogP contribution in [0.4, 0.5) is 0 Å². The highest BCUT2D eigenvalue weighted by molar-refractivity contribution is 5.94. The lowest BCUT2D eigenvalue weighted by Gasteiger charge is -2.31. The Labute approximate surface area is 154 Å². The smallest absolute Gasteiger partial charge is 0.257 e. The third-order valence-electron chi connectivity index (χ3n) is 4.98. The first-order valence-corrected chi connectivity index (χ1v) is 9.36. The number of likely N-dealkylation sites (tertiary alicyclic amines) is 1. The van der Waals surface area contributed by atoms with Gasteiger partial charge in [-0.3, -0.25) is 9.59 Å². The number of piperidine rings is 1. The summed E-state index contributed by atoms with van der Waals surface area (Å²) in [6.45, 7) is 4.24. The first-order chi connectivity index (χ1) is 12.7. The summed E-state index contributed by atoms with van der Waals surface area (Å²) in [7, 11) is 0. The molecule has 0 spiro atoms. The van der Waals surface area contributed by atoms with Gasteiger partial charge in [-0.15, -0.1) is 0 Å². The molecule has 1 saturated heterocycles. The summed E-state index contributed by atoms with van der Waals surface area (Å²) < 4.78 is 4.98. The highest BCUT2D eigenvalue weighted by Crippen LogP contribution is 2.19. The summed E-state index contributed by atoms with van der Waals surface area (Å²) in [6, 6.07) is 9.54. The molecule has 1 aromatic carbocycles. The van der Waals surface area contributed by atoms with Gasteiger partial charge in [0, 0.05) is 25.2 Å². The molecule has 0 radical (unpaired) electrons. The Balaban J connectivity index is 1.43. The van der Waals surface area contributed by atoms with Crippen LogP contribution in [0, 0.1) is 5.92 Å². The van der Waals surface area contributed by atoms with Crippen molar-refractivity contribution in [3.8, 4) is 0 Å². The summed E-state index contributed by atoms with van der Waals surface area (Å²) in [5.41, 5.74) is 2.57. The zero-order valence-corrected chi connectivity index (χ0v) is 15.2. The van der Waals surface area contributed by atoms with Gasteiger partial charge < -0.3 is 14.6 Å². The van der Waals surface area contributed by atoms with Gasteiger partial charge in [-0.25, -0.2) is 0 Å². The van der Waals surface area contributed by atoms with E-state index in [0.717, 1.165) is 38.8 Å². The molecule has 2 amide bonds. The number of aryl methyl sites for hydroxylation is 1. The van der Waals surface area contributed by atoms with Crippen LogP contribution in [0.1, 0.15) is 52.5 Å². The number of nitrogens with one attached hydrogen (secondary N) is 1. The molecular formula is C21H26N2O3.